The van der Waals surface area contributed by atoms with Crippen molar-refractivity contribution in [3.8, 4) is 12.5 Å². The minimum atomic E-state index is -1.10. The van der Waals surface area contributed by atoms with E-state index < -0.39 is 17.7 Å². The molecule has 0 aliphatic heterocycles. The highest BCUT2D eigenvalue weighted by Crippen LogP contribution is 2.17. The van der Waals surface area contributed by atoms with Crippen LogP contribution in [0.25, 0.3) is 0 Å². The lowest BCUT2D eigenvalue weighted by molar-refractivity contribution is -0.141. The molecule has 27 heavy (non-hydrogen) atoms. The van der Waals surface area contributed by atoms with Crippen molar-refractivity contribution in [2.45, 2.75) is 97.3 Å². The minimum Gasteiger partial charge on any atom is -0.501 e. The monoisotopic (exact) mass is 380 g/mol. The number of aliphatic hydroxyl groups is 1. The van der Waals surface area contributed by atoms with E-state index in [4.69, 9.17) is 11.2 Å². The average Bonchev–Trinajstić information content (AvgIpc) is 2.65. The summed E-state index contributed by atoms with van der Waals surface area (Å²) in [6, 6.07) is 0. The van der Waals surface area contributed by atoms with Crippen molar-refractivity contribution in [3.05, 3.63) is 11.3 Å². The second-order valence-corrected chi connectivity index (χ2v) is 6.69. The number of rotatable bonds is 16. The number of hydrogen-bond acceptors (Lipinski definition) is 5. The molecule has 1 N–H and O–H groups in total. The zero-order chi connectivity index (χ0) is 20.3. The number of ether oxygens (including phenoxy) is 2. The number of unbranched alkanes of at least 4 members (excludes halogenated alkanes) is 11. The van der Waals surface area contributed by atoms with Crippen LogP contribution < -0.4 is 0 Å². The van der Waals surface area contributed by atoms with Crippen LogP contribution in [-0.2, 0) is 19.1 Å². The molecule has 0 rings (SSSR count). The van der Waals surface area contributed by atoms with E-state index in [-0.39, 0.29) is 18.6 Å². The topological polar surface area (TPSA) is 72.8 Å². The van der Waals surface area contributed by atoms with Crippen LogP contribution >= 0.6 is 0 Å². The maximum absolute atomic E-state index is 11.9. The van der Waals surface area contributed by atoms with Crippen LogP contribution in [0.4, 0.5) is 0 Å². The Labute approximate surface area is 164 Å². The average molecular weight is 381 g/mol. The SMILES string of the molecule is C#COC(=O)/C(O)=C(\CCCCCCCCCCCCCC)C(=O)OCC. The predicted octanol–water partition coefficient (Wildman–Crippen LogP) is 5.59. The van der Waals surface area contributed by atoms with Crippen molar-refractivity contribution in [3.63, 3.8) is 0 Å². The van der Waals surface area contributed by atoms with Crippen LogP contribution in [0.2, 0.25) is 0 Å². The van der Waals surface area contributed by atoms with Crippen molar-refractivity contribution < 1.29 is 24.2 Å². The van der Waals surface area contributed by atoms with Gasteiger partial charge in [-0.25, -0.2) is 9.59 Å². The van der Waals surface area contributed by atoms with Gasteiger partial charge < -0.3 is 14.6 Å². The molecule has 0 bridgehead atoms. The van der Waals surface area contributed by atoms with Crippen molar-refractivity contribution >= 4 is 11.9 Å². The van der Waals surface area contributed by atoms with Crippen molar-refractivity contribution in [1.29, 1.82) is 0 Å². The first-order valence-corrected chi connectivity index (χ1v) is 10.3. The molecule has 0 saturated carbocycles. The molecule has 5 heteroatoms. The summed E-state index contributed by atoms with van der Waals surface area (Å²) in [5, 5.41) is 9.89. The van der Waals surface area contributed by atoms with Gasteiger partial charge in [-0.05, 0) is 19.8 Å². The smallest absolute Gasteiger partial charge is 0.387 e. The van der Waals surface area contributed by atoms with Crippen LogP contribution in [0.5, 0.6) is 0 Å². The summed E-state index contributed by atoms with van der Waals surface area (Å²) in [6.45, 7) is 4.06. The number of carbonyl (C=O) groups excluding carboxylic acids is 2. The van der Waals surface area contributed by atoms with Gasteiger partial charge in [-0.3, -0.25) is 0 Å². The van der Waals surface area contributed by atoms with E-state index >= 15 is 0 Å². The first-order chi connectivity index (χ1) is 13.1. The maximum Gasteiger partial charge on any atom is 0.387 e. The van der Waals surface area contributed by atoms with Crippen LogP contribution in [0.3, 0.4) is 0 Å². The molecule has 0 heterocycles. The number of esters is 2. The fraction of sp³-hybridized carbons (Fsp3) is 0.727. The van der Waals surface area contributed by atoms with Gasteiger partial charge in [0.25, 0.3) is 0 Å². The Hall–Kier alpha value is -1.96. The Bertz CT molecular complexity index is 487. The quantitative estimate of drug-likeness (QED) is 0.124. The standard InChI is InChI=1S/C22H36O5/c1-4-7-8-9-10-11-12-13-14-15-16-17-18-19(21(24)26-5-2)20(23)22(25)27-6-3/h3,23H,4-5,7-18H2,1-2H3/b20-19-. The predicted molar refractivity (Wildman–Crippen MR) is 107 cm³/mol. The van der Waals surface area contributed by atoms with Crippen molar-refractivity contribution in [2.24, 2.45) is 0 Å². The normalized spacial score (nSPS) is 11.4. The summed E-state index contributed by atoms with van der Waals surface area (Å²) in [4.78, 5) is 23.5. The summed E-state index contributed by atoms with van der Waals surface area (Å²) < 4.78 is 9.19. The van der Waals surface area contributed by atoms with Crippen LogP contribution in [0.15, 0.2) is 11.3 Å². The molecule has 0 spiro atoms. The lowest BCUT2D eigenvalue weighted by Gasteiger charge is -2.09. The molecule has 0 radical (unpaired) electrons. The van der Waals surface area contributed by atoms with Gasteiger partial charge in [0.1, 0.15) is 6.11 Å². The molecule has 0 fully saturated rings. The molecule has 0 atom stereocenters. The van der Waals surface area contributed by atoms with E-state index in [0.717, 1.165) is 12.8 Å². The van der Waals surface area contributed by atoms with Gasteiger partial charge in [0.05, 0.1) is 12.2 Å². The van der Waals surface area contributed by atoms with Crippen molar-refractivity contribution in [2.75, 3.05) is 6.61 Å². The first-order valence-electron chi connectivity index (χ1n) is 10.3. The Morgan fingerprint density at radius 1 is 0.815 bits per heavy atom. The number of hydrogen-bond donors (Lipinski definition) is 1. The van der Waals surface area contributed by atoms with Crippen LogP contribution in [-0.4, -0.2) is 23.7 Å². The number of terminal acetylenes is 1. The zero-order valence-electron chi connectivity index (χ0n) is 17.1. The highest BCUT2D eigenvalue weighted by molar-refractivity contribution is 5.98. The Morgan fingerprint density at radius 3 is 1.74 bits per heavy atom. The zero-order valence-corrected chi connectivity index (χ0v) is 17.1. The molecule has 0 amide bonds. The van der Waals surface area contributed by atoms with Gasteiger partial charge >= 0.3 is 11.9 Å². The third-order valence-electron chi connectivity index (χ3n) is 4.43. The first kappa shape index (κ1) is 25.0. The van der Waals surface area contributed by atoms with Crippen LogP contribution in [0.1, 0.15) is 97.3 Å². The number of carbonyl (C=O) groups is 2. The van der Waals surface area contributed by atoms with Crippen LogP contribution in [0, 0.1) is 12.5 Å². The van der Waals surface area contributed by atoms with E-state index in [1.54, 1.807) is 13.0 Å². The minimum absolute atomic E-state index is 0.0656. The summed E-state index contributed by atoms with van der Waals surface area (Å²) in [6.07, 6.45) is 21.2. The van der Waals surface area contributed by atoms with E-state index in [0.29, 0.717) is 6.42 Å². The van der Waals surface area contributed by atoms with Gasteiger partial charge in [-0.2, -0.15) is 0 Å². The van der Waals surface area contributed by atoms with E-state index in [1.165, 1.54) is 57.8 Å². The molecule has 0 saturated heterocycles. The number of aliphatic hydroxyl groups excluding tert-OH is 1. The lowest BCUT2D eigenvalue weighted by atomic mass is 10.0. The molecule has 5 nitrogen and oxygen atoms in total. The molecule has 0 aromatic rings. The molecule has 0 aromatic carbocycles. The molecule has 0 unspecified atom stereocenters. The Morgan fingerprint density at radius 2 is 1.30 bits per heavy atom. The third-order valence-corrected chi connectivity index (χ3v) is 4.43. The molecule has 0 aromatic heterocycles. The molecular weight excluding hydrogens is 344 g/mol. The fourth-order valence-electron chi connectivity index (χ4n) is 2.90. The van der Waals surface area contributed by atoms with Crippen molar-refractivity contribution in [1.82, 2.24) is 0 Å². The molecular formula is C22H36O5. The van der Waals surface area contributed by atoms with Gasteiger partial charge in [0, 0.05) is 0 Å². The Kier molecular flexibility index (Phi) is 16.2. The second-order valence-electron chi connectivity index (χ2n) is 6.69. The van der Waals surface area contributed by atoms with Gasteiger partial charge in [-0.1, -0.05) is 84.0 Å². The summed E-state index contributed by atoms with van der Waals surface area (Å²) in [5.41, 5.74) is -0.0656. The van der Waals surface area contributed by atoms with Gasteiger partial charge in [0.15, 0.2) is 0 Å². The maximum atomic E-state index is 11.9. The van der Waals surface area contributed by atoms with Gasteiger partial charge in [0.2, 0.25) is 5.76 Å². The highest BCUT2D eigenvalue weighted by atomic mass is 16.5. The van der Waals surface area contributed by atoms with E-state index in [1.807, 2.05) is 0 Å². The Balaban J connectivity index is 4.04. The van der Waals surface area contributed by atoms with E-state index in [9.17, 15) is 14.7 Å². The summed E-state index contributed by atoms with van der Waals surface area (Å²) >= 11 is 0. The third kappa shape index (κ3) is 12.9. The fourth-order valence-corrected chi connectivity index (χ4v) is 2.90. The summed E-state index contributed by atoms with van der Waals surface area (Å²) in [7, 11) is 0. The highest BCUT2D eigenvalue weighted by Gasteiger charge is 2.22. The van der Waals surface area contributed by atoms with E-state index in [2.05, 4.69) is 11.7 Å². The van der Waals surface area contributed by atoms with Gasteiger partial charge in [-0.15, -0.1) is 0 Å². The largest absolute Gasteiger partial charge is 0.501 e. The molecule has 154 valence electrons. The molecule has 0 aliphatic rings. The molecule has 0 aliphatic carbocycles. The summed E-state index contributed by atoms with van der Waals surface area (Å²) in [5.74, 6) is -2.55. The lowest BCUT2D eigenvalue weighted by Crippen LogP contribution is -2.15. The second kappa shape index (κ2) is 17.5.